The zero-order valence-corrected chi connectivity index (χ0v) is 8.67. The van der Waals surface area contributed by atoms with Gasteiger partial charge in [-0.1, -0.05) is 0 Å². The van der Waals surface area contributed by atoms with Gasteiger partial charge in [0.2, 0.25) is 5.91 Å². The van der Waals surface area contributed by atoms with Gasteiger partial charge in [-0.2, -0.15) is 5.26 Å². The summed E-state index contributed by atoms with van der Waals surface area (Å²) in [6.07, 6.45) is 0.446. The summed E-state index contributed by atoms with van der Waals surface area (Å²) in [6.45, 7) is 3.23. The maximum Gasteiger partial charge on any atom is 0.233 e. The molecule has 80 valence electrons. The van der Waals surface area contributed by atoms with E-state index in [1.807, 2.05) is 13.0 Å². The van der Waals surface area contributed by atoms with E-state index in [1.54, 1.807) is 7.11 Å². The van der Waals surface area contributed by atoms with Crippen molar-refractivity contribution in [3.05, 3.63) is 0 Å². The summed E-state index contributed by atoms with van der Waals surface area (Å²) in [5, 5.41) is 13.8. The Bertz CT molecular complexity index is 201. The molecule has 1 unspecified atom stereocenters. The molecular formula is C9H17N3O2. The predicted octanol–water partition coefficient (Wildman–Crippen LogP) is -0.359. The molecule has 0 aromatic rings. The van der Waals surface area contributed by atoms with Gasteiger partial charge in [0.15, 0.2) is 0 Å². The highest BCUT2D eigenvalue weighted by atomic mass is 16.5. The van der Waals surface area contributed by atoms with Gasteiger partial charge in [-0.15, -0.1) is 0 Å². The summed E-state index contributed by atoms with van der Waals surface area (Å²) in [5.74, 6) is -0.0939. The molecule has 2 N–H and O–H groups in total. The van der Waals surface area contributed by atoms with Crippen molar-refractivity contribution in [3.63, 3.8) is 0 Å². The van der Waals surface area contributed by atoms with E-state index in [0.717, 1.165) is 0 Å². The molecule has 0 aliphatic rings. The molecule has 1 amide bonds. The molecule has 1 atom stereocenters. The maximum absolute atomic E-state index is 11.1. The molecule has 0 rings (SSSR count). The van der Waals surface area contributed by atoms with Crippen LogP contribution in [-0.2, 0) is 9.53 Å². The summed E-state index contributed by atoms with van der Waals surface area (Å²) < 4.78 is 4.99. The molecule has 0 bridgehead atoms. The van der Waals surface area contributed by atoms with E-state index >= 15 is 0 Å². The van der Waals surface area contributed by atoms with Crippen LogP contribution in [0.3, 0.4) is 0 Å². The number of methoxy groups -OCH3 is 1. The Morgan fingerprint density at radius 1 is 1.64 bits per heavy atom. The number of nitrogens with one attached hydrogen (secondary N) is 2. The number of nitrogens with zero attached hydrogens (tertiary/aromatic N) is 1. The van der Waals surface area contributed by atoms with Crippen molar-refractivity contribution in [2.75, 3.05) is 26.7 Å². The van der Waals surface area contributed by atoms with E-state index in [0.29, 0.717) is 19.5 Å². The molecule has 5 nitrogen and oxygen atoms in total. The second kappa shape index (κ2) is 8.48. The van der Waals surface area contributed by atoms with E-state index in [2.05, 4.69) is 10.6 Å². The standard InChI is InChI=1S/C9H17N3O2/c1-8(14-2)6-11-7-9(13)12-5-3-4-10/h8,11H,3,5-7H2,1-2H3,(H,12,13). The van der Waals surface area contributed by atoms with E-state index in [-0.39, 0.29) is 18.6 Å². The van der Waals surface area contributed by atoms with Crippen LogP contribution in [0.2, 0.25) is 0 Å². The molecule has 0 aliphatic heterocycles. The monoisotopic (exact) mass is 199 g/mol. The van der Waals surface area contributed by atoms with Crippen molar-refractivity contribution in [2.45, 2.75) is 19.4 Å². The van der Waals surface area contributed by atoms with E-state index in [9.17, 15) is 4.79 Å². The van der Waals surface area contributed by atoms with Crippen molar-refractivity contribution in [2.24, 2.45) is 0 Å². The average Bonchev–Trinajstić information content (AvgIpc) is 2.18. The van der Waals surface area contributed by atoms with Crippen LogP contribution in [0.4, 0.5) is 0 Å². The fourth-order valence-electron chi connectivity index (χ4n) is 0.793. The van der Waals surface area contributed by atoms with Crippen LogP contribution in [-0.4, -0.2) is 38.8 Å². The first-order chi connectivity index (χ1) is 6.70. The fourth-order valence-corrected chi connectivity index (χ4v) is 0.793. The Hall–Kier alpha value is -1.12. The van der Waals surface area contributed by atoms with Gasteiger partial charge in [0.1, 0.15) is 0 Å². The van der Waals surface area contributed by atoms with E-state index in [4.69, 9.17) is 10.00 Å². The molecule has 0 fully saturated rings. The lowest BCUT2D eigenvalue weighted by atomic mass is 10.4. The van der Waals surface area contributed by atoms with Crippen molar-refractivity contribution >= 4 is 5.91 Å². The molecular weight excluding hydrogens is 182 g/mol. The highest BCUT2D eigenvalue weighted by molar-refractivity contribution is 5.77. The first-order valence-corrected chi connectivity index (χ1v) is 4.58. The third-order valence-electron chi connectivity index (χ3n) is 1.68. The second-order valence-corrected chi connectivity index (χ2v) is 2.94. The van der Waals surface area contributed by atoms with Crippen LogP contribution in [0.15, 0.2) is 0 Å². The van der Waals surface area contributed by atoms with Crippen LogP contribution in [0.5, 0.6) is 0 Å². The van der Waals surface area contributed by atoms with Gasteiger partial charge in [-0.05, 0) is 6.92 Å². The van der Waals surface area contributed by atoms with Crippen LogP contribution >= 0.6 is 0 Å². The zero-order valence-electron chi connectivity index (χ0n) is 8.67. The van der Waals surface area contributed by atoms with Crippen molar-refractivity contribution in [1.29, 1.82) is 5.26 Å². The summed E-state index contributed by atoms with van der Waals surface area (Å²) in [6, 6.07) is 1.95. The van der Waals surface area contributed by atoms with Gasteiger partial charge in [0, 0.05) is 20.2 Å². The molecule has 0 aromatic carbocycles. The molecule has 0 saturated heterocycles. The van der Waals surface area contributed by atoms with E-state index in [1.165, 1.54) is 0 Å². The first kappa shape index (κ1) is 12.9. The first-order valence-electron chi connectivity index (χ1n) is 4.58. The lowest BCUT2D eigenvalue weighted by Crippen LogP contribution is -2.37. The number of rotatable bonds is 7. The van der Waals surface area contributed by atoms with Crippen molar-refractivity contribution in [1.82, 2.24) is 10.6 Å². The van der Waals surface area contributed by atoms with Crippen LogP contribution < -0.4 is 10.6 Å². The van der Waals surface area contributed by atoms with Crippen molar-refractivity contribution < 1.29 is 9.53 Å². The van der Waals surface area contributed by atoms with Gasteiger partial charge in [-0.3, -0.25) is 4.79 Å². The van der Waals surface area contributed by atoms with Gasteiger partial charge in [0.25, 0.3) is 0 Å². The van der Waals surface area contributed by atoms with Gasteiger partial charge < -0.3 is 15.4 Å². The SMILES string of the molecule is COC(C)CNCC(=O)NCCC#N. The van der Waals surface area contributed by atoms with Crippen molar-refractivity contribution in [3.8, 4) is 6.07 Å². The Kier molecular flexibility index (Phi) is 7.80. The average molecular weight is 199 g/mol. The summed E-state index contributed by atoms with van der Waals surface area (Å²) in [7, 11) is 1.62. The number of hydrogen-bond acceptors (Lipinski definition) is 4. The Morgan fingerprint density at radius 3 is 2.93 bits per heavy atom. The van der Waals surface area contributed by atoms with Gasteiger partial charge >= 0.3 is 0 Å². The lowest BCUT2D eigenvalue weighted by Gasteiger charge is -2.10. The molecule has 5 heteroatoms. The third kappa shape index (κ3) is 7.53. The van der Waals surface area contributed by atoms with Crippen LogP contribution in [0.25, 0.3) is 0 Å². The molecule has 0 spiro atoms. The van der Waals surface area contributed by atoms with Crippen LogP contribution in [0, 0.1) is 11.3 Å². The number of nitriles is 1. The Balaban J connectivity index is 3.32. The smallest absolute Gasteiger partial charge is 0.233 e. The summed E-state index contributed by atoms with van der Waals surface area (Å²) in [5.41, 5.74) is 0. The Morgan fingerprint density at radius 2 is 2.36 bits per heavy atom. The number of ether oxygens (including phenoxy) is 1. The number of carbonyl (C=O) groups excluding carboxylic acids is 1. The Labute approximate surface area is 84.4 Å². The quantitative estimate of drug-likeness (QED) is 0.549. The largest absolute Gasteiger partial charge is 0.380 e. The zero-order chi connectivity index (χ0) is 10.8. The minimum atomic E-state index is -0.0939. The summed E-state index contributed by atoms with van der Waals surface area (Å²) in [4.78, 5) is 11.1. The lowest BCUT2D eigenvalue weighted by molar-refractivity contribution is -0.120. The molecule has 0 aromatic heterocycles. The summed E-state index contributed by atoms with van der Waals surface area (Å²) >= 11 is 0. The third-order valence-corrected chi connectivity index (χ3v) is 1.68. The minimum Gasteiger partial charge on any atom is -0.380 e. The maximum atomic E-state index is 11.1. The predicted molar refractivity (Wildman–Crippen MR) is 52.6 cm³/mol. The van der Waals surface area contributed by atoms with E-state index < -0.39 is 0 Å². The number of carbonyl (C=O) groups is 1. The molecule has 0 aliphatic carbocycles. The van der Waals surface area contributed by atoms with Gasteiger partial charge in [-0.25, -0.2) is 0 Å². The molecule has 0 heterocycles. The minimum absolute atomic E-state index is 0.0939. The normalized spacial score (nSPS) is 11.8. The molecule has 14 heavy (non-hydrogen) atoms. The van der Waals surface area contributed by atoms with Gasteiger partial charge in [0.05, 0.1) is 25.1 Å². The highest BCUT2D eigenvalue weighted by Gasteiger charge is 2.01. The second-order valence-electron chi connectivity index (χ2n) is 2.94. The number of hydrogen-bond donors (Lipinski definition) is 2. The molecule has 0 radical (unpaired) electrons. The number of amides is 1. The molecule has 0 saturated carbocycles. The van der Waals surface area contributed by atoms with Crippen LogP contribution in [0.1, 0.15) is 13.3 Å². The highest BCUT2D eigenvalue weighted by Crippen LogP contribution is 1.82. The topological polar surface area (TPSA) is 74.2 Å². The fraction of sp³-hybridized carbons (Fsp3) is 0.778.